The molecular weight excluding hydrogens is 238 g/mol. The molecule has 100 valence electrons. The Morgan fingerprint density at radius 1 is 1.26 bits per heavy atom. The van der Waals surface area contributed by atoms with Crippen molar-refractivity contribution in [3.63, 3.8) is 0 Å². The molecule has 4 heteroatoms. The number of amides is 1. The summed E-state index contributed by atoms with van der Waals surface area (Å²) in [6.07, 6.45) is 2.60. The summed E-state index contributed by atoms with van der Waals surface area (Å²) in [5.74, 6) is 0.0371. The van der Waals surface area contributed by atoms with Gasteiger partial charge < -0.3 is 10.6 Å². The van der Waals surface area contributed by atoms with Crippen molar-refractivity contribution < 1.29 is 4.79 Å². The molecule has 1 aromatic carbocycles. The Hall–Kier alpha value is -1.94. The summed E-state index contributed by atoms with van der Waals surface area (Å²) in [6.45, 7) is 3.81. The lowest BCUT2D eigenvalue weighted by molar-refractivity contribution is -0.120. The van der Waals surface area contributed by atoms with Crippen molar-refractivity contribution in [2.24, 2.45) is 0 Å². The van der Waals surface area contributed by atoms with Gasteiger partial charge >= 0.3 is 0 Å². The van der Waals surface area contributed by atoms with Gasteiger partial charge in [0.25, 0.3) is 0 Å². The van der Waals surface area contributed by atoms with E-state index in [1.54, 1.807) is 6.20 Å². The maximum absolute atomic E-state index is 11.5. The zero-order chi connectivity index (χ0) is 13.5. The quantitative estimate of drug-likeness (QED) is 0.824. The smallest absolute Gasteiger partial charge is 0.233 e. The number of pyridine rings is 1. The van der Waals surface area contributed by atoms with Crippen molar-refractivity contribution in [1.82, 2.24) is 15.6 Å². The first-order valence-electron chi connectivity index (χ1n) is 6.61. The molecule has 1 amide bonds. The highest BCUT2D eigenvalue weighted by molar-refractivity contribution is 5.81. The van der Waals surface area contributed by atoms with Gasteiger partial charge in [0.15, 0.2) is 0 Å². The van der Waals surface area contributed by atoms with E-state index in [-0.39, 0.29) is 5.91 Å². The lowest BCUT2D eigenvalue weighted by Gasteiger charge is -2.07. The van der Waals surface area contributed by atoms with Crippen molar-refractivity contribution in [2.45, 2.75) is 13.3 Å². The first-order chi connectivity index (χ1) is 9.31. The molecular formula is C15H19N3O. The van der Waals surface area contributed by atoms with Crippen molar-refractivity contribution in [3.05, 3.63) is 42.1 Å². The van der Waals surface area contributed by atoms with Crippen LogP contribution in [0.5, 0.6) is 0 Å². The molecule has 0 saturated carbocycles. The van der Waals surface area contributed by atoms with E-state index >= 15 is 0 Å². The molecule has 2 N–H and O–H groups in total. The summed E-state index contributed by atoms with van der Waals surface area (Å²) < 4.78 is 0. The summed E-state index contributed by atoms with van der Waals surface area (Å²) in [6, 6.07) is 10.1. The normalized spacial score (nSPS) is 10.6. The first kappa shape index (κ1) is 13.5. The molecule has 4 nitrogen and oxygen atoms in total. The molecule has 0 fully saturated rings. The highest BCUT2D eigenvalue weighted by atomic mass is 16.1. The predicted octanol–water partition coefficient (Wildman–Crippen LogP) is 1.50. The molecule has 0 saturated heterocycles. The highest BCUT2D eigenvalue weighted by Crippen LogP contribution is 2.15. The van der Waals surface area contributed by atoms with Crippen LogP contribution < -0.4 is 10.6 Å². The zero-order valence-corrected chi connectivity index (χ0v) is 11.1. The van der Waals surface area contributed by atoms with Gasteiger partial charge in [-0.05, 0) is 24.6 Å². The van der Waals surface area contributed by atoms with E-state index < -0.39 is 0 Å². The molecule has 0 radical (unpaired) electrons. The van der Waals surface area contributed by atoms with Crippen molar-refractivity contribution in [3.8, 4) is 0 Å². The number of fused-ring (bicyclic) bond motifs is 1. The van der Waals surface area contributed by atoms with Gasteiger partial charge in [-0.1, -0.05) is 31.2 Å². The lowest BCUT2D eigenvalue weighted by atomic mass is 10.1. The average Bonchev–Trinajstić information content (AvgIpc) is 2.45. The summed E-state index contributed by atoms with van der Waals surface area (Å²) in [5, 5.41) is 7.04. The van der Waals surface area contributed by atoms with E-state index in [4.69, 9.17) is 0 Å². The summed E-state index contributed by atoms with van der Waals surface area (Å²) >= 11 is 0. The number of carbonyl (C=O) groups is 1. The van der Waals surface area contributed by atoms with E-state index in [1.807, 2.05) is 19.1 Å². The molecule has 2 aromatic rings. The lowest BCUT2D eigenvalue weighted by Crippen LogP contribution is -2.34. The molecule has 19 heavy (non-hydrogen) atoms. The van der Waals surface area contributed by atoms with E-state index in [1.165, 1.54) is 5.56 Å². The molecule has 0 bridgehead atoms. The Labute approximate surface area is 113 Å². The number of benzene rings is 1. The van der Waals surface area contributed by atoms with Crippen LogP contribution in [-0.4, -0.2) is 30.5 Å². The number of para-hydroxylation sites is 1. The third-order valence-corrected chi connectivity index (χ3v) is 2.97. The van der Waals surface area contributed by atoms with Crippen LogP contribution in [-0.2, 0) is 11.2 Å². The van der Waals surface area contributed by atoms with E-state index in [0.29, 0.717) is 13.1 Å². The van der Waals surface area contributed by atoms with Crippen molar-refractivity contribution >= 4 is 16.8 Å². The number of aromatic nitrogens is 1. The second kappa shape index (κ2) is 6.85. The van der Waals surface area contributed by atoms with Gasteiger partial charge in [0.2, 0.25) is 5.91 Å². The predicted molar refractivity (Wildman–Crippen MR) is 77.0 cm³/mol. The molecule has 0 aliphatic heterocycles. The fourth-order valence-electron chi connectivity index (χ4n) is 2.01. The Balaban J connectivity index is 1.93. The molecule has 2 rings (SSSR count). The third-order valence-electron chi connectivity index (χ3n) is 2.97. The first-order valence-corrected chi connectivity index (χ1v) is 6.61. The zero-order valence-electron chi connectivity index (χ0n) is 11.1. The summed E-state index contributed by atoms with van der Waals surface area (Å²) in [5.41, 5.74) is 2.19. The fraction of sp³-hybridized carbons (Fsp3) is 0.333. The maximum atomic E-state index is 11.5. The molecule has 0 unspecified atom stereocenters. The molecule has 0 spiro atoms. The van der Waals surface area contributed by atoms with Gasteiger partial charge in [0, 0.05) is 18.1 Å². The van der Waals surface area contributed by atoms with Crippen molar-refractivity contribution in [1.29, 1.82) is 0 Å². The topological polar surface area (TPSA) is 54.0 Å². The summed E-state index contributed by atoms with van der Waals surface area (Å²) in [4.78, 5) is 15.9. The fourth-order valence-corrected chi connectivity index (χ4v) is 2.01. The third kappa shape index (κ3) is 3.76. The van der Waals surface area contributed by atoms with E-state index in [9.17, 15) is 4.79 Å². The van der Waals surface area contributed by atoms with Crippen LogP contribution in [0.3, 0.4) is 0 Å². The summed E-state index contributed by atoms with van der Waals surface area (Å²) in [7, 11) is 0. The van der Waals surface area contributed by atoms with Gasteiger partial charge in [0.1, 0.15) is 0 Å². The maximum Gasteiger partial charge on any atom is 0.233 e. The molecule has 1 heterocycles. The van der Waals surface area contributed by atoms with Gasteiger partial charge in [-0.2, -0.15) is 0 Å². The molecule has 0 aliphatic carbocycles. The monoisotopic (exact) mass is 257 g/mol. The van der Waals surface area contributed by atoms with Crippen LogP contribution in [0.1, 0.15) is 12.5 Å². The van der Waals surface area contributed by atoms with Crippen LogP contribution in [0.2, 0.25) is 0 Å². The molecule has 0 aliphatic rings. The second-order valence-electron chi connectivity index (χ2n) is 4.37. The van der Waals surface area contributed by atoms with Gasteiger partial charge in [-0.25, -0.2) is 0 Å². The number of nitrogens with zero attached hydrogens (tertiary/aromatic N) is 1. The molecule has 1 aromatic heterocycles. The number of nitrogens with one attached hydrogen (secondary N) is 2. The minimum absolute atomic E-state index is 0.0371. The Kier molecular flexibility index (Phi) is 4.86. The number of hydrogen-bond donors (Lipinski definition) is 2. The van der Waals surface area contributed by atoms with Crippen LogP contribution in [0, 0.1) is 0 Å². The minimum atomic E-state index is 0.0371. The van der Waals surface area contributed by atoms with Crippen LogP contribution in [0.25, 0.3) is 10.9 Å². The van der Waals surface area contributed by atoms with E-state index in [0.717, 1.165) is 23.9 Å². The molecule has 0 atom stereocenters. The van der Waals surface area contributed by atoms with Gasteiger partial charge in [-0.15, -0.1) is 0 Å². The second-order valence-corrected chi connectivity index (χ2v) is 4.37. The van der Waals surface area contributed by atoms with Crippen LogP contribution in [0.4, 0.5) is 0 Å². The Morgan fingerprint density at radius 2 is 2.11 bits per heavy atom. The number of carbonyl (C=O) groups excluding carboxylic acids is 1. The SMILES string of the molecule is CCNCC(=O)NCCc1cccc2cccnc12. The Bertz CT molecular complexity index is 549. The van der Waals surface area contributed by atoms with Crippen molar-refractivity contribution in [2.75, 3.05) is 19.6 Å². The number of hydrogen-bond acceptors (Lipinski definition) is 3. The largest absolute Gasteiger partial charge is 0.355 e. The average molecular weight is 257 g/mol. The van der Waals surface area contributed by atoms with Gasteiger partial charge in [0.05, 0.1) is 12.1 Å². The van der Waals surface area contributed by atoms with Gasteiger partial charge in [-0.3, -0.25) is 9.78 Å². The number of likely N-dealkylation sites (N-methyl/N-ethyl adjacent to an activating group) is 1. The Morgan fingerprint density at radius 3 is 2.95 bits per heavy atom. The van der Waals surface area contributed by atoms with Crippen LogP contribution >= 0.6 is 0 Å². The van der Waals surface area contributed by atoms with E-state index in [2.05, 4.69) is 33.8 Å². The number of rotatable bonds is 6. The van der Waals surface area contributed by atoms with Crippen LogP contribution in [0.15, 0.2) is 36.5 Å². The minimum Gasteiger partial charge on any atom is -0.355 e. The standard InChI is InChI=1S/C15H19N3O/c1-2-16-11-14(19)17-10-8-13-6-3-5-12-7-4-9-18-15(12)13/h3-7,9,16H,2,8,10-11H2,1H3,(H,17,19). The highest BCUT2D eigenvalue weighted by Gasteiger charge is 2.03.